The Kier molecular flexibility index (Phi) is 5.71. The Bertz CT molecular complexity index is 696. The van der Waals surface area contributed by atoms with E-state index in [-0.39, 0.29) is 11.0 Å². The van der Waals surface area contributed by atoms with Gasteiger partial charge in [-0.3, -0.25) is 10.1 Å². The predicted molar refractivity (Wildman–Crippen MR) is 97.2 cm³/mol. The number of nitrogens with one attached hydrogen (secondary N) is 2. The Morgan fingerprint density at radius 2 is 1.74 bits per heavy atom. The fourth-order valence-corrected chi connectivity index (χ4v) is 2.30. The molecule has 0 aliphatic heterocycles. The molecule has 5 heteroatoms. The molecule has 0 saturated carbocycles. The van der Waals surface area contributed by atoms with Crippen LogP contribution in [0.15, 0.2) is 48.5 Å². The van der Waals surface area contributed by atoms with Crippen molar-refractivity contribution in [3.05, 3.63) is 59.7 Å². The van der Waals surface area contributed by atoms with Gasteiger partial charge in [-0.05, 0) is 48.0 Å². The Hall–Kier alpha value is -2.40. The van der Waals surface area contributed by atoms with Crippen molar-refractivity contribution in [2.24, 2.45) is 0 Å². The summed E-state index contributed by atoms with van der Waals surface area (Å²) >= 11 is 5.19. The zero-order valence-corrected chi connectivity index (χ0v) is 14.2. The second kappa shape index (κ2) is 7.74. The van der Waals surface area contributed by atoms with Crippen LogP contribution in [-0.2, 0) is 0 Å². The molecule has 0 unspecified atom stereocenters. The van der Waals surface area contributed by atoms with E-state index in [1.807, 2.05) is 36.4 Å². The molecule has 0 atom stereocenters. The van der Waals surface area contributed by atoms with E-state index < -0.39 is 0 Å². The molecule has 1 amide bonds. The summed E-state index contributed by atoms with van der Waals surface area (Å²) in [6, 6.07) is 14.9. The molecule has 0 radical (unpaired) electrons. The second-order valence-electron chi connectivity index (χ2n) is 5.39. The van der Waals surface area contributed by atoms with Crippen LogP contribution in [0.5, 0.6) is 5.75 Å². The lowest BCUT2D eigenvalue weighted by atomic mass is 10.0. The first kappa shape index (κ1) is 17.0. The van der Waals surface area contributed by atoms with E-state index in [4.69, 9.17) is 17.0 Å². The minimum atomic E-state index is -0.243. The number of anilines is 1. The number of ether oxygens (including phenoxy) is 1. The van der Waals surface area contributed by atoms with Gasteiger partial charge < -0.3 is 10.1 Å². The normalized spacial score (nSPS) is 10.3. The number of carbonyl (C=O) groups is 1. The van der Waals surface area contributed by atoms with Crippen LogP contribution in [0.3, 0.4) is 0 Å². The summed E-state index contributed by atoms with van der Waals surface area (Å²) in [5, 5.41) is 5.87. The molecule has 120 valence electrons. The van der Waals surface area contributed by atoms with Gasteiger partial charge in [0.25, 0.3) is 5.91 Å². The first-order valence-electron chi connectivity index (χ1n) is 7.36. The van der Waals surface area contributed by atoms with Gasteiger partial charge in [0.05, 0.1) is 12.8 Å². The summed E-state index contributed by atoms with van der Waals surface area (Å²) in [5.41, 5.74) is 2.46. The highest BCUT2D eigenvalue weighted by molar-refractivity contribution is 7.80. The van der Waals surface area contributed by atoms with Gasteiger partial charge in [0, 0.05) is 5.56 Å². The average molecular weight is 328 g/mol. The Labute approximate surface area is 141 Å². The predicted octanol–water partition coefficient (Wildman–Crippen LogP) is 3.95. The molecule has 4 nitrogen and oxygen atoms in total. The highest BCUT2D eigenvalue weighted by atomic mass is 32.1. The summed E-state index contributed by atoms with van der Waals surface area (Å²) in [5.74, 6) is 0.846. The van der Waals surface area contributed by atoms with E-state index in [2.05, 4.69) is 24.5 Å². The number of carbonyl (C=O) groups excluding carboxylic acids is 1. The number of para-hydroxylation sites is 2. The number of methoxy groups -OCH3 is 1. The molecule has 0 saturated heterocycles. The number of hydrogen-bond acceptors (Lipinski definition) is 3. The lowest BCUT2D eigenvalue weighted by Crippen LogP contribution is -2.34. The third kappa shape index (κ3) is 4.53. The van der Waals surface area contributed by atoms with Crippen molar-refractivity contribution >= 4 is 28.9 Å². The van der Waals surface area contributed by atoms with Gasteiger partial charge in [-0.25, -0.2) is 0 Å². The quantitative estimate of drug-likeness (QED) is 0.835. The molecule has 2 rings (SSSR count). The molecular formula is C18H20N2O2S. The Morgan fingerprint density at radius 3 is 2.35 bits per heavy atom. The lowest BCUT2D eigenvalue weighted by molar-refractivity contribution is 0.0977. The zero-order valence-electron chi connectivity index (χ0n) is 13.4. The van der Waals surface area contributed by atoms with Crippen LogP contribution in [0.4, 0.5) is 5.69 Å². The first-order chi connectivity index (χ1) is 11.0. The van der Waals surface area contributed by atoms with E-state index in [0.717, 1.165) is 0 Å². The van der Waals surface area contributed by atoms with E-state index in [0.29, 0.717) is 22.9 Å². The third-order valence-electron chi connectivity index (χ3n) is 3.42. The molecule has 0 fully saturated rings. The molecule has 2 aromatic rings. The Morgan fingerprint density at radius 1 is 1.09 bits per heavy atom. The average Bonchev–Trinajstić information content (AvgIpc) is 2.55. The van der Waals surface area contributed by atoms with Crippen LogP contribution in [0.1, 0.15) is 35.7 Å². The van der Waals surface area contributed by atoms with Gasteiger partial charge in [-0.1, -0.05) is 38.1 Å². The van der Waals surface area contributed by atoms with E-state index in [1.54, 1.807) is 19.2 Å². The summed E-state index contributed by atoms with van der Waals surface area (Å²) < 4.78 is 5.24. The second-order valence-corrected chi connectivity index (χ2v) is 5.79. The molecule has 2 aromatic carbocycles. The minimum absolute atomic E-state index is 0.229. The molecule has 23 heavy (non-hydrogen) atoms. The largest absolute Gasteiger partial charge is 0.495 e. The van der Waals surface area contributed by atoms with Crippen molar-refractivity contribution in [2.45, 2.75) is 19.8 Å². The third-order valence-corrected chi connectivity index (χ3v) is 3.63. The van der Waals surface area contributed by atoms with E-state index in [9.17, 15) is 4.79 Å². The fraction of sp³-hybridized carbons (Fsp3) is 0.222. The van der Waals surface area contributed by atoms with E-state index >= 15 is 0 Å². The van der Waals surface area contributed by atoms with Crippen LogP contribution in [0.25, 0.3) is 0 Å². The van der Waals surface area contributed by atoms with Gasteiger partial charge >= 0.3 is 0 Å². The number of amides is 1. The molecule has 0 aliphatic carbocycles. The number of benzene rings is 2. The standard InChI is InChI=1S/C18H20N2O2S/c1-12(2)13-8-10-14(11-9-13)17(21)20-18(23)19-15-6-4-5-7-16(15)22-3/h4-12H,1-3H3,(H2,19,20,21,23). The van der Waals surface area contributed by atoms with Gasteiger partial charge in [0.1, 0.15) is 5.75 Å². The van der Waals surface area contributed by atoms with Gasteiger partial charge in [-0.2, -0.15) is 0 Å². The fourth-order valence-electron chi connectivity index (χ4n) is 2.10. The minimum Gasteiger partial charge on any atom is -0.495 e. The van der Waals surface area contributed by atoms with Gasteiger partial charge in [-0.15, -0.1) is 0 Å². The summed E-state index contributed by atoms with van der Waals surface area (Å²) in [4.78, 5) is 12.2. The number of rotatable bonds is 4. The summed E-state index contributed by atoms with van der Waals surface area (Å²) in [7, 11) is 1.58. The van der Waals surface area contributed by atoms with Crippen molar-refractivity contribution in [3.8, 4) is 5.75 Å². The highest BCUT2D eigenvalue weighted by Gasteiger charge is 2.10. The van der Waals surface area contributed by atoms with Crippen molar-refractivity contribution in [3.63, 3.8) is 0 Å². The van der Waals surface area contributed by atoms with Crippen LogP contribution < -0.4 is 15.4 Å². The van der Waals surface area contributed by atoms with Gasteiger partial charge in [0.15, 0.2) is 5.11 Å². The summed E-state index contributed by atoms with van der Waals surface area (Å²) in [6.45, 7) is 4.22. The smallest absolute Gasteiger partial charge is 0.257 e. The van der Waals surface area contributed by atoms with Crippen molar-refractivity contribution in [1.29, 1.82) is 0 Å². The van der Waals surface area contributed by atoms with E-state index in [1.165, 1.54) is 5.56 Å². The summed E-state index contributed by atoms with van der Waals surface area (Å²) in [6.07, 6.45) is 0. The molecule has 0 spiro atoms. The van der Waals surface area contributed by atoms with Crippen molar-refractivity contribution < 1.29 is 9.53 Å². The maximum absolute atomic E-state index is 12.2. The van der Waals surface area contributed by atoms with Crippen molar-refractivity contribution in [1.82, 2.24) is 5.32 Å². The monoisotopic (exact) mass is 328 g/mol. The van der Waals surface area contributed by atoms with Crippen LogP contribution in [0, 0.1) is 0 Å². The molecular weight excluding hydrogens is 308 g/mol. The van der Waals surface area contributed by atoms with Crippen LogP contribution in [0.2, 0.25) is 0 Å². The Balaban J connectivity index is 2.00. The lowest BCUT2D eigenvalue weighted by Gasteiger charge is -2.13. The molecule has 0 aromatic heterocycles. The SMILES string of the molecule is COc1ccccc1NC(=S)NC(=O)c1ccc(C(C)C)cc1. The van der Waals surface area contributed by atoms with Crippen LogP contribution >= 0.6 is 12.2 Å². The first-order valence-corrected chi connectivity index (χ1v) is 7.77. The number of thiocarbonyl (C=S) groups is 1. The van der Waals surface area contributed by atoms with Crippen LogP contribution in [-0.4, -0.2) is 18.1 Å². The molecule has 0 bridgehead atoms. The maximum atomic E-state index is 12.2. The zero-order chi connectivity index (χ0) is 16.8. The maximum Gasteiger partial charge on any atom is 0.257 e. The van der Waals surface area contributed by atoms with Gasteiger partial charge in [0.2, 0.25) is 0 Å². The molecule has 2 N–H and O–H groups in total. The van der Waals surface area contributed by atoms with Crippen molar-refractivity contribution in [2.75, 3.05) is 12.4 Å². The molecule has 0 heterocycles. The topological polar surface area (TPSA) is 50.4 Å². The number of hydrogen-bond donors (Lipinski definition) is 2. The highest BCUT2D eigenvalue weighted by Crippen LogP contribution is 2.22. The molecule has 0 aliphatic rings.